The number of aromatic nitrogens is 2. The Labute approximate surface area is 112 Å². The number of carbonyl (C=O) groups is 1. The number of hydrogen-bond donors (Lipinski definition) is 2. The van der Waals surface area contributed by atoms with Crippen LogP contribution in [0.15, 0.2) is 12.3 Å². The summed E-state index contributed by atoms with van der Waals surface area (Å²) >= 11 is 0. The maximum atomic E-state index is 11.1. The molecule has 1 saturated carbocycles. The Morgan fingerprint density at radius 2 is 2.21 bits per heavy atom. The molecule has 0 atom stereocenters. The number of amides is 1. The summed E-state index contributed by atoms with van der Waals surface area (Å²) in [6.07, 6.45) is 5.16. The van der Waals surface area contributed by atoms with Crippen LogP contribution < -0.4 is 15.8 Å². The van der Waals surface area contributed by atoms with Gasteiger partial charge in [0.25, 0.3) is 0 Å². The number of carbonyl (C=O) groups excluding carboxylic acids is 1. The van der Waals surface area contributed by atoms with Gasteiger partial charge < -0.3 is 15.8 Å². The van der Waals surface area contributed by atoms with Crippen LogP contribution in [0.4, 0.5) is 5.95 Å². The van der Waals surface area contributed by atoms with E-state index in [1.165, 1.54) is 0 Å². The molecule has 0 bridgehead atoms. The van der Waals surface area contributed by atoms with Gasteiger partial charge in [-0.1, -0.05) is 0 Å². The van der Waals surface area contributed by atoms with Gasteiger partial charge in [-0.15, -0.1) is 0 Å². The molecule has 6 heteroatoms. The number of hydrogen-bond acceptors (Lipinski definition) is 5. The maximum Gasteiger partial charge on any atom is 0.226 e. The fraction of sp³-hybridized carbons (Fsp3) is 0.615. The molecule has 1 aliphatic rings. The van der Waals surface area contributed by atoms with Crippen molar-refractivity contribution in [2.24, 2.45) is 11.7 Å². The van der Waals surface area contributed by atoms with Crippen LogP contribution in [-0.2, 0) is 4.79 Å². The molecule has 1 fully saturated rings. The van der Waals surface area contributed by atoms with Crippen LogP contribution >= 0.6 is 0 Å². The molecule has 0 aromatic carbocycles. The van der Waals surface area contributed by atoms with Gasteiger partial charge >= 0.3 is 0 Å². The quantitative estimate of drug-likeness (QED) is 0.837. The third kappa shape index (κ3) is 3.81. The molecule has 0 radical (unpaired) electrons. The summed E-state index contributed by atoms with van der Waals surface area (Å²) in [5.74, 6) is 0.987. The topological polar surface area (TPSA) is 90.1 Å². The van der Waals surface area contributed by atoms with Crippen LogP contribution in [0.1, 0.15) is 32.6 Å². The van der Waals surface area contributed by atoms with Crippen LogP contribution in [0.3, 0.4) is 0 Å². The van der Waals surface area contributed by atoms with E-state index in [0.717, 1.165) is 25.7 Å². The van der Waals surface area contributed by atoms with E-state index in [9.17, 15) is 4.79 Å². The number of rotatable bonds is 5. The first kappa shape index (κ1) is 13.6. The first-order valence-corrected chi connectivity index (χ1v) is 6.70. The van der Waals surface area contributed by atoms with Gasteiger partial charge in [0.1, 0.15) is 0 Å². The van der Waals surface area contributed by atoms with Gasteiger partial charge in [0.2, 0.25) is 17.7 Å². The molecule has 0 saturated heterocycles. The van der Waals surface area contributed by atoms with Gasteiger partial charge in [0, 0.05) is 24.2 Å². The third-order valence-corrected chi connectivity index (χ3v) is 3.39. The molecular formula is C13H20N4O2. The Morgan fingerprint density at radius 3 is 2.84 bits per heavy atom. The molecule has 1 heterocycles. The number of nitrogens with one attached hydrogen (secondary N) is 1. The van der Waals surface area contributed by atoms with E-state index in [0.29, 0.717) is 24.5 Å². The van der Waals surface area contributed by atoms with Gasteiger partial charge in [-0.25, -0.2) is 4.98 Å². The Kier molecular flexibility index (Phi) is 4.54. The zero-order valence-electron chi connectivity index (χ0n) is 11.1. The van der Waals surface area contributed by atoms with Crippen LogP contribution in [0.2, 0.25) is 0 Å². The predicted octanol–water partition coefficient (Wildman–Crippen LogP) is 1.33. The molecule has 104 valence electrons. The van der Waals surface area contributed by atoms with E-state index in [1.54, 1.807) is 12.3 Å². The standard InChI is InChI=1S/C13H20N4O2/c1-2-19-11-7-8-15-13(17-11)16-10-5-3-9(4-6-10)12(14)18/h7-10H,2-6H2,1H3,(H2,14,18)(H,15,16,17). The number of anilines is 1. The molecule has 6 nitrogen and oxygen atoms in total. The van der Waals surface area contributed by atoms with Crippen molar-refractivity contribution in [2.45, 2.75) is 38.6 Å². The van der Waals surface area contributed by atoms with E-state index in [1.807, 2.05) is 6.92 Å². The highest BCUT2D eigenvalue weighted by molar-refractivity contribution is 5.76. The number of primary amides is 1. The Hall–Kier alpha value is -1.85. The molecule has 0 aliphatic heterocycles. The lowest BCUT2D eigenvalue weighted by atomic mass is 9.86. The van der Waals surface area contributed by atoms with Gasteiger partial charge in [-0.2, -0.15) is 4.98 Å². The molecule has 1 aromatic heterocycles. The number of ether oxygens (including phenoxy) is 1. The van der Waals surface area contributed by atoms with E-state index >= 15 is 0 Å². The smallest absolute Gasteiger partial charge is 0.226 e. The normalized spacial score (nSPS) is 22.8. The van der Waals surface area contributed by atoms with E-state index in [2.05, 4.69) is 15.3 Å². The van der Waals surface area contributed by atoms with E-state index in [4.69, 9.17) is 10.5 Å². The molecule has 19 heavy (non-hydrogen) atoms. The van der Waals surface area contributed by atoms with Crippen LogP contribution in [0, 0.1) is 5.92 Å². The molecule has 1 aromatic rings. The molecule has 1 amide bonds. The van der Waals surface area contributed by atoms with Crippen molar-refractivity contribution in [3.05, 3.63) is 12.3 Å². The van der Waals surface area contributed by atoms with Crippen molar-refractivity contribution in [1.82, 2.24) is 9.97 Å². The first-order valence-electron chi connectivity index (χ1n) is 6.70. The van der Waals surface area contributed by atoms with Crippen LogP contribution in [-0.4, -0.2) is 28.5 Å². The average molecular weight is 264 g/mol. The summed E-state index contributed by atoms with van der Waals surface area (Å²) < 4.78 is 5.33. The minimum atomic E-state index is -0.187. The predicted molar refractivity (Wildman–Crippen MR) is 71.8 cm³/mol. The van der Waals surface area contributed by atoms with Gasteiger partial charge in [0.05, 0.1) is 6.61 Å². The maximum absolute atomic E-state index is 11.1. The molecule has 1 aliphatic carbocycles. The zero-order valence-corrected chi connectivity index (χ0v) is 11.1. The summed E-state index contributed by atoms with van der Waals surface area (Å²) in [5, 5.41) is 3.28. The SMILES string of the molecule is CCOc1ccnc(NC2CCC(C(N)=O)CC2)n1. The summed E-state index contributed by atoms with van der Waals surface area (Å²) in [5.41, 5.74) is 5.32. The lowest BCUT2D eigenvalue weighted by Crippen LogP contribution is -2.32. The fourth-order valence-corrected chi connectivity index (χ4v) is 2.34. The molecule has 2 rings (SSSR count). The Bertz CT molecular complexity index is 430. The van der Waals surface area contributed by atoms with Crippen molar-refractivity contribution in [3.63, 3.8) is 0 Å². The molecule has 0 spiro atoms. The van der Waals surface area contributed by atoms with Crippen molar-refractivity contribution in [1.29, 1.82) is 0 Å². The minimum absolute atomic E-state index is 0.0220. The summed E-state index contributed by atoms with van der Waals surface area (Å²) in [6.45, 7) is 2.50. The lowest BCUT2D eigenvalue weighted by Gasteiger charge is -2.27. The van der Waals surface area contributed by atoms with Gasteiger partial charge in [-0.05, 0) is 32.6 Å². The van der Waals surface area contributed by atoms with Gasteiger partial charge in [-0.3, -0.25) is 4.79 Å². The molecule has 3 N–H and O–H groups in total. The second-order valence-electron chi connectivity index (χ2n) is 4.75. The fourth-order valence-electron chi connectivity index (χ4n) is 2.34. The largest absolute Gasteiger partial charge is 0.478 e. The number of nitrogens with zero attached hydrogens (tertiary/aromatic N) is 2. The highest BCUT2D eigenvalue weighted by Crippen LogP contribution is 2.25. The van der Waals surface area contributed by atoms with Crippen LogP contribution in [0.5, 0.6) is 5.88 Å². The summed E-state index contributed by atoms with van der Waals surface area (Å²) in [4.78, 5) is 19.5. The Balaban J connectivity index is 1.88. The second kappa shape index (κ2) is 6.36. The summed E-state index contributed by atoms with van der Waals surface area (Å²) in [7, 11) is 0. The third-order valence-electron chi connectivity index (χ3n) is 3.39. The summed E-state index contributed by atoms with van der Waals surface area (Å²) in [6, 6.07) is 2.03. The lowest BCUT2D eigenvalue weighted by molar-refractivity contribution is -0.122. The molecular weight excluding hydrogens is 244 g/mol. The van der Waals surface area contributed by atoms with Crippen molar-refractivity contribution < 1.29 is 9.53 Å². The van der Waals surface area contributed by atoms with Crippen molar-refractivity contribution in [2.75, 3.05) is 11.9 Å². The van der Waals surface area contributed by atoms with E-state index < -0.39 is 0 Å². The monoisotopic (exact) mass is 264 g/mol. The van der Waals surface area contributed by atoms with Crippen molar-refractivity contribution in [3.8, 4) is 5.88 Å². The van der Waals surface area contributed by atoms with E-state index in [-0.39, 0.29) is 11.8 Å². The first-order chi connectivity index (χ1) is 9.19. The number of nitrogens with two attached hydrogens (primary N) is 1. The van der Waals surface area contributed by atoms with Gasteiger partial charge in [0.15, 0.2) is 0 Å². The molecule has 0 unspecified atom stereocenters. The minimum Gasteiger partial charge on any atom is -0.478 e. The average Bonchev–Trinajstić information content (AvgIpc) is 2.40. The second-order valence-corrected chi connectivity index (χ2v) is 4.75. The zero-order chi connectivity index (χ0) is 13.7. The highest BCUT2D eigenvalue weighted by Gasteiger charge is 2.24. The van der Waals surface area contributed by atoms with Crippen molar-refractivity contribution >= 4 is 11.9 Å². The highest BCUT2D eigenvalue weighted by atomic mass is 16.5. The Morgan fingerprint density at radius 1 is 1.47 bits per heavy atom. The van der Waals surface area contributed by atoms with Crippen LogP contribution in [0.25, 0.3) is 0 Å².